The Morgan fingerprint density at radius 1 is 1.00 bits per heavy atom. The molecule has 0 saturated heterocycles. The molecule has 9 heteroatoms. The Morgan fingerprint density at radius 2 is 1.46 bits per heavy atom. The highest BCUT2D eigenvalue weighted by atomic mass is 19.4. The summed E-state index contributed by atoms with van der Waals surface area (Å²) in [6, 6.07) is 0. The van der Waals surface area contributed by atoms with Gasteiger partial charge in [-0.15, -0.1) is 0 Å². The van der Waals surface area contributed by atoms with Crippen molar-refractivity contribution in [1.29, 1.82) is 0 Å². The van der Waals surface area contributed by atoms with Gasteiger partial charge in [0.1, 0.15) is 6.10 Å². The summed E-state index contributed by atoms with van der Waals surface area (Å²) in [7, 11) is 0. The van der Waals surface area contributed by atoms with Gasteiger partial charge in [0.2, 0.25) is 0 Å². The Hall–Kier alpha value is -0.990. The third-order valence-corrected chi connectivity index (χ3v) is 7.45. The number of ether oxygens (including phenoxy) is 1. The van der Waals surface area contributed by atoms with Crippen LogP contribution in [-0.2, 0) is 9.53 Å². The van der Waals surface area contributed by atoms with E-state index in [9.17, 15) is 36.2 Å². The highest BCUT2D eigenvalue weighted by molar-refractivity contribution is 5.76. The normalized spacial score (nSPS) is 35.9. The molecule has 28 heavy (non-hydrogen) atoms. The topological polar surface area (TPSA) is 46.5 Å². The summed E-state index contributed by atoms with van der Waals surface area (Å²) in [4.78, 5) is 12.5. The van der Waals surface area contributed by atoms with Gasteiger partial charge in [0.15, 0.2) is 0 Å². The third-order valence-electron chi connectivity index (χ3n) is 7.45. The SMILES string of the molecule is CCC(C)(C)C(=O)OC1C2CC3CC1CC(C(O)(C(F)(F)F)C(F)(F)F)(C3)C2. The zero-order valence-electron chi connectivity index (χ0n) is 16.1. The van der Waals surface area contributed by atoms with Crippen molar-refractivity contribution in [2.45, 2.75) is 83.4 Å². The lowest BCUT2D eigenvalue weighted by molar-refractivity contribution is -0.420. The van der Waals surface area contributed by atoms with E-state index < -0.39 is 65.5 Å². The largest absolute Gasteiger partial charge is 0.461 e. The quantitative estimate of drug-likeness (QED) is 0.517. The summed E-state index contributed by atoms with van der Waals surface area (Å²) in [6.07, 6.45) is -12.2. The van der Waals surface area contributed by atoms with E-state index in [-0.39, 0.29) is 12.3 Å². The highest BCUT2D eigenvalue weighted by Crippen LogP contribution is 2.69. The molecule has 0 amide bonds. The average Bonchev–Trinajstić information content (AvgIpc) is 2.54. The molecule has 4 fully saturated rings. The van der Waals surface area contributed by atoms with Crippen LogP contribution in [0.3, 0.4) is 0 Å². The van der Waals surface area contributed by atoms with Crippen LogP contribution in [0.2, 0.25) is 0 Å². The smallest absolute Gasteiger partial charge is 0.426 e. The van der Waals surface area contributed by atoms with Crippen molar-refractivity contribution in [1.82, 2.24) is 0 Å². The lowest BCUT2D eigenvalue weighted by Crippen LogP contribution is -2.72. The molecule has 0 radical (unpaired) electrons. The van der Waals surface area contributed by atoms with Gasteiger partial charge < -0.3 is 9.84 Å². The fourth-order valence-electron chi connectivity index (χ4n) is 5.80. The summed E-state index contributed by atoms with van der Waals surface area (Å²) >= 11 is 0. The van der Waals surface area contributed by atoms with Crippen molar-refractivity contribution in [2.75, 3.05) is 0 Å². The van der Waals surface area contributed by atoms with Crippen LogP contribution in [0, 0.1) is 28.6 Å². The molecule has 0 aliphatic heterocycles. The monoisotopic (exact) mass is 416 g/mol. The minimum Gasteiger partial charge on any atom is -0.461 e. The molecule has 0 aromatic heterocycles. The summed E-state index contributed by atoms with van der Waals surface area (Å²) in [6.45, 7) is 5.19. The second kappa shape index (κ2) is 6.25. The number of rotatable bonds is 4. The van der Waals surface area contributed by atoms with Crippen LogP contribution < -0.4 is 0 Å². The Morgan fingerprint density at radius 3 is 1.86 bits per heavy atom. The molecule has 4 aliphatic carbocycles. The second-order valence-corrected chi connectivity index (χ2v) is 9.56. The number of hydrogen-bond acceptors (Lipinski definition) is 3. The number of alkyl halides is 6. The van der Waals surface area contributed by atoms with Crippen molar-refractivity contribution in [3.63, 3.8) is 0 Å². The standard InChI is InChI=1S/C19H26F6O3/c1-4-15(2,3)14(26)28-13-11-5-10-6-12(13)9-16(7-10,8-11)17(27,18(20,21)22)19(23,24)25/h10-13,27H,4-9H2,1-3H3. The van der Waals surface area contributed by atoms with Crippen LogP contribution in [0.1, 0.15) is 59.3 Å². The van der Waals surface area contributed by atoms with E-state index in [2.05, 4.69) is 0 Å². The molecule has 4 aliphatic rings. The molecule has 4 rings (SSSR count). The maximum atomic E-state index is 13.6. The minimum absolute atomic E-state index is 0.309. The molecule has 0 aromatic rings. The molecule has 0 spiro atoms. The molecular formula is C19H26F6O3. The molecule has 3 nitrogen and oxygen atoms in total. The Kier molecular flexibility index (Phi) is 4.85. The van der Waals surface area contributed by atoms with Crippen molar-refractivity contribution in [3.05, 3.63) is 0 Å². The van der Waals surface area contributed by atoms with E-state index in [0.29, 0.717) is 19.3 Å². The van der Waals surface area contributed by atoms with E-state index in [1.165, 1.54) is 0 Å². The fraction of sp³-hybridized carbons (Fsp3) is 0.947. The maximum absolute atomic E-state index is 13.6. The van der Waals surface area contributed by atoms with Crippen LogP contribution in [0.4, 0.5) is 26.3 Å². The lowest BCUT2D eigenvalue weighted by Gasteiger charge is -2.63. The first-order valence-electron chi connectivity index (χ1n) is 9.65. The number of halogens is 6. The van der Waals surface area contributed by atoms with Gasteiger partial charge in [-0.1, -0.05) is 6.92 Å². The van der Waals surface area contributed by atoms with Gasteiger partial charge in [-0.2, -0.15) is 26.3 Å². The predicted molar refractivity (Wildman–Crippen MR) is 87.0 cm³/mol. The second-order valence-electron chi connectivity index (χ2n) is 9.56. The van der Waals surface area contributed by atoms with Crippen LogP contribution in [0.15, 0.2) is 0 Å². The molecule has 0 aromatic carbocycles. The number of esters is 1. The van der Waals surface area contributed by atoms with E-state index in [1.54, 1.807) is 20.8 Å². The summed E-state index contributed by atoms with van der Waals surface area (Å²) in [5, 5.41) is 10.1. The predicted octanol–water partition coefficient (Wildman–Crippen LogP) is 5.02. The van der Waals surface area contributed by atoms with E-state index in [4.69, 9.17) is 4.74 Å². The lowest BCUT2D eigenvalue weighted by atomic mass is 9.44. The van der Waals surface area contributed by atoms with Crippen LogP contribution >= 0.6 is 0 Å². The molecular weight excluding hydrogens is 390 g/mol. The zero-order valence-corrected chi connectivity index (χ0v) is 16.1. The molecule has 0 heterocycles. The van der Waals surface area contributed by atoms with Gasteiger partial charge in [0.05, 0.1) is 5.41 Å². The fourth-order valence-corrected chi connectivity index (χ4v) is 5.80. The number of carbonyl (C=O) groups excluding carboxylic acids is 1. The summed E-state index contributed by atoms with van der Waals surface area (Å²) < 4.78 is 87.0. The first-order chi connectivity index (χ1) is 12.6. The molecule has 162 valence electrons. The third kappa shape index (κ3) is 2.94. The number of aliphatic hydroxyl groups is 1. The van der Waals surface area contributed by atoms with Crippen molar-refractivity contribution >= 4 is 5.97 Å². The highest BCUT2D eigenvalue weighted by Gasteiger charge is 2.81. The Bertz CT molecular complexity index is 609. The van der Waals surface area contributed by atoms with Gasteiger partial charge >= 0.3 is 18.3 Å². The first-order valence-corrected chi connectivity index (χ1v) is 9.65. The average molecular weight is 416 g/mol. The van der Waals surface area contributed by atoms with Crippen LogP contribution in [0.5, 0.6) is 0 Å². The van der Waals surface area contributed by atoms with Gasteiger partial charge in [-0.05, 0) is 70.1 Å². The van der Waals surface area contributed by atoms with Gasteiger partial charge in [0, 0.05) is 5.41 Å². The number of carbonyl (C=O) groups is 1. The van der Waals surface area contributed by atoms with Crippen LogP contribution in [0.25, 0.3) is 0 Å². The zero-order chi connectivity index (χ0) is 21.3. The van der Waals surface area contributed by atoms with E-state index >= 15 is 0 Å². The Balaban J connectivity index is 1.93. The molecule has 4 saturated carbocycles. The molecule has 2 atom stereocenters. The van der Waals surface area contributed by atoms with E-state index in [0.717, 1.165) is 0 Å². The van der Waals surface area contributed by atoms with Crippen molar-refractivity contribution < 1.29 is 41.0 Å². The summed E-state index contributed by atoms with van der Waals surface area (Å²) in [5.41, 5.74) is -7.84. The van der Waals surface area contributed by atoms with Gasteiger partial charge in [-0.25, -0.2) is 0 Å². The maximum Gasteiger partial charge on any atom is 0.426 e. The van der Waals surface area contributed by atoms with Gasteiger partial charge in [0.25, 0.3) is 5.60 Å². The molecule has 2 unspecified atom stereocenters. The Labute approximate surface area is 159 Å². The number of hydrogen-bond donors (Lipinski definition) is 1. The van der Waals surface area contributed by atoms with Crippen LogP contribution in [-0.4, -0.2) is 35.1 Å². The van der Waals surface area contributed by atoms with Gasteiger partial charge in [-0.3, -0.25) is 4.79 Å². The van der Waals surface area contributed by atoms with Crippen molar-refractivity contribution in [3.8, 4) is 0 Å². The summed E-state index contributed by atoms with van der Waals surface area (Å²) in [5.74, 6) is -2.01. The van der Waals surface area contributed by atoms with E-state index in [1.807, 2.05) is 0 Å². The molecule has 1 N–H and O–H groups in total. The van der Waals surface area contributed by atoms with Crippen molar-refractivity contribution in [2.24, 2.45) is 28.6 Å². The molecule has 4 bridgehead atoms. The minimum atomic E-state index is -5.83. The first kappa shape index (κ1) is 21.7.